The van der Waals surface area contributed by atoms with Gasteiger partial charge in [0.1, 0.15) is 0 Å². The Morgan fingerprint density at radius 2 is 1.90 bits per heavy atom. The Labute approximate surface area is 135 Å². The van der Waals surface area contributed by atoms with Crippen molar-refractivity contribution < 1.29 is 18.6 Å². The van der Waals surface area contributed by atoms with E-state index in [0.29, 0.717) is 19.6 Å². The smallest absolute Gasteiger partial charge is 0.380 e. The number of halogens is 2. The van der Waals surface area contributed by atoms with E-state index in [-0.39, 0.29) is 17.0 Å². The summed E-state index contributed by atoms with van der Waals surface area (Å²) < 4.78 is 21.5. The van der Waals surface area contributed by atoms with Crippen molar-refractivity contribution in [1.29, 1.82) is 0 Å². The van der Waals surface area contributed by atoms with Crippen LogP contribution in [0.2, 0.25) is 0 Å². The van der Waals surface area contributed by atoms with Crippen molar-refractivity contribution in [2.75, 3.05) is 19.8 Å². The lowest BCUT2D eigenvalue weighted by molar-refractivity contribution is -0.111. The second-order valence-corrected chi connectivity index (χ2v) is 9.99. The molecule has 0 aromatic carbocycles. The second kappa shape index (κ2) is 12.3. The van der Waals surface area contributed by atoms with Gasteiger partial charge in [0.2, 0.25) is 0 Å². The maximum Gasteiger partial charge on any atom is 0.380 e. The van der Waals surface area contributed by atoms with Crippen molar-refractivity contribution in [3.63, 3.8) is 0 Å². The molecule has 0 spiro atoms. The lowest BCUT2D eigenvalue weighted by Gasteiger charge is -2.16. The first-order valence-electron chi connectivity index (χ1n) is 6.80. The van der Waals surface area contributed by atoms with Crippen LogP contribution in [0, 0.1) is 0 Å². The van der Waals surface area contributed by atoms with Gasteiger partial charge in [-0.15, -0.1) is 0 Å². The highest BCUT2D eigenvalue weighted by atomic mass is 35.9. The molecule has 0 aliphatic heterocycles. The maximum atomic E-state index is 11.6. The van der Waals surface area contributed by atoms with E-state index in [9.17, 15) is 9.36 Å². The van der Waals surface area contributed by atoms with Crippen LogP contribution >= 0.6 is 40.3 Å². The molecule has 120 valence electrons. The molecule has 0 saturated carbocycles. The van der Waals surface area contributed by atoms with Gasteiger partial charge in [-0.05, 0) is 35.3 Å². The predicted molar refractivity (Wildman–Crippen MR) is 86.9 cm³/mol. The largest absolute Gasteiger partial charge is 0.380 e. The molecular formula is C12H23Cl2O4PS. The summed E-state index contributed by atoms with van der Waals surface area (Å²) >= 11 is 11.8. The Kier molecular flexibility index (Phi) is 12.8. The van der Waals surface area contributed by atoms with Crippen molar-refractivity contribution in [2.45, 2.75) is 51.2 Å². The minimum atomic E-state index is -3.56. The first kappa shape index (κ1) is 20.8. The van der Waals surface area contributed by atoms with Crippen molar-refractivity contribution >= 4 is 45.4 Å². The average molecular weight is 365 g/mol. The molecule has 0 amide bonds. The second-order valence-electron chi connectivity index (χ2n) is 4.35. The lowest BCUT2D eigenvalue weighted by Crippen LogP contribution is -2.20. The Hall–Kier alpha value is 0.750. The van der Waals surface area contributed by atoms with E-state index in [1.165, 1.54) is 0 Å². The van der Waals surface area contributed by atoms with Crippen LogP contribution in [-0.2, 0) is 18.6 Å². The summed E-state index contributed by atoms with van der Waals surface area (Å²) in [6.07, 6.45) is 0.951. The summed E-state index contributed by atoms with van der Waals surface area (Å²) in [5.41, 5.74) is 0. The Bertz CT molecular complexity index is 312. The number of hydrogen-bond donors (Lipinski definition) is 0. The van der Waals surface area contributed by atoms with E-state index in [1.54, 1.807) is 0 Å². The summed E-state index contributed by atoms with van der Waals surface area (Å²) in [5, 5.41) is -0.168. The fourth-order valence-electron chi connectivity index (χ4n) is 1.40. The minimum absolute atomic E-state index is 0.0399. The molecule has 0 N–H and O–H groups in total. The Morgan fingerprint density at radius 3 is 2.45 bits per heavy atom. The summed E-state index contributed by atoms with van der Waals surface area (Å²) in [4.78, 5) is 11.6. The molecule has 0 aromatic heterocycles. The number of carbonyl (C=O) groups is 1. The molecule has 0 aromatic rings. The molecule has 0 bridgehead atoms. The van der Waals surface area contributed by atoms with Crippen LogP contribution in [0.4, 0.5) is 0 Å². The standard InChI is InChI=1S/C12H23Cl2O4PS/c1-3-5-6-8-17-9-11(10-18-19(13,14)16)20-12(15)7-4-2/h11H,3-10H2,1-2H3/t11-/m1/s1. The number of thioether (sulfide) groups is 1. The molecule has 0 aliphatic carbocycles. The first-order chi connectivity index (χ1) is 9.39. The van der Waals surface area contributed by atoms with E-state index >= 15 is 0 Å². The minimum Gasteiger partial charge on any atom is -0.380 e. The molecule has 8 heteroatoms. The number of hydrogen-bond acceptors (Lipinski definition) is 5. The van der Waals surface area contributed by atoms with E-state index < -0.39 is 6.07 Å². The molecule has 4 nitrogen and oxygen atoms in total. The lowest BCUT2D eigenvalue weighted by atomic mass is 10.3. The van der Waals surface area contributed by atoms with Gasteiger partial charge in [0.25, 0.3) is 0 Å². The van der Waals surface area contributed by atoms with Crippen molar-refractivity contribution in [1.82, 2.24) is 0 Å². The molecule has 0 rings (SSSR count). The summed E-state index contributed by atoms with van der Waals surface area (Å²) in [5.74, 6) is 0. The molecule has 0 fully saturated rings. The molecule has 0 heterocycles. The molecule has 0 saturated heterocycles. The van der Waals surface area contributed by atoms with E-state index in [0.717, 1.165) is 37.4 Å². The van der Waals surface area contributed by atoms with Crippen molar-refractivity contribution in [3.05, 3.63) is 0 Å². The van der Waals surface area contributed by atoms with E-state index in [4.69, 9.17) is 31.7 Å². The highest BCUT2D eigenvalue weighted by Crippen LogP contribution is 2.57. The molecule has 0 unspecified atom stereocenters. The molecule has 0 aliphatic rings. The quantitative estimate of drug-likeness (QED) is 0.350. The van der Waals surface area contributed by atoms with E-state index in [1.807, 2.05) is 6.92 Å². The predicted octanol–water partition coefficient (Wildman–Crippen LogP) is 5.22. The van der Waals surface area contributed by atoms with Gasteiger partial charge < -0.3 is 9.26 Å². The van der Waals surface area contributed by atoms with Gasteiger partial charge in [-0.25, -0.2) is 0 Å². The van der Waals surface area contributed by atoms with Crippen LogP contribution in [0.15, 0.2) is 0 Å². The van der Waals surface area contributed by atoms with Gasteiger partial charge in [0.15, 0.2) is 5.12 Å². The molecular weight excluding hydrogens is 342 g/mol. The monoisotopic (exact) mass is 364 g/mol. The van der Waals surface area contributed by atoms with Crippen molar-refractivity contribution in [3.8, 4) is 0 Å². The average Bonchev–Trinajstić information content (AvgIpc) is 2.34. The zero-order valence-corrected chi connectivity index (χ0v) is 15.2. The number of ether oxygens (including phenoxy) is 1. The maximum absolute atomic E-state index is 11.6. The van der Waals surface area contributed by atoms with Crippen LogP contribution < -0.4 is 0 Å². The SMILES string of the molecule is CCCCCOC[C@H](COP(=O)(Cl)Cl)SC(=O)CCC. The van der Waals surface area contributed by atoms with Gasteiger partial charge in [0.05, 0.1) is 18.5 Å². The Morgan fingerprint density at radius 1 is 1.20 bits per heavy atom. The molecule has 1 atom stereocenters. The fourth-order valence-corrected chi connectivity index (χ4v) is 3.19. The Balaban J connectivity index is 4.10. The first-order valence-corrected chi connectivity index (χ1v) is 11.1. The fraction of sp³-hybridized carbons (Fsp3) is 0.917. The van der Waals surface area contributed by atoms with Gasteiger partial charge in [-0.2, -0.15) is 0 Å². The van der Waals surface area contributed by atoms with Crippen LogP contribution in [0.5, 0.6) is 0 Å². The van der Waals surface area contributed by atoms with Gasteiger partial charge >= 0.3 is 6.07 Å². The van der Waals surface area contributed by atoms with Crippen LogP contribution in [0.1, 0.15) is 46.0 Å². The highest BCUT2D eigenvalue weighted by Gasteiger charge is 2.21. The summed E-state index contributed by atoms with van der Waals surface area (Å²) in [7, 11) is 0. The van der Waals surface area contributed by atoms with Crippen LogP contribution in [-0.4, -0.2) is 30.2 Å². The highest BCUT2D eigenvalue weighted by molar-refractivity contribution is 8.14. The van der Waals surface area contributed by atoms with Gasteiger partial charge in [-0.1, -0.05) is 38.5 Å². The van der Waals surface area contributed by atoms with Gasteiger partial charge in [0, 0.05) is 13.0 Å². The zero-order valence-electron chi connectivity index (χ0n) is 12.0. The summed E-state index contributed by atoms with van der Waals surface area (Å²) in [6, 6.07) is 0. The zero-order chi connectivity index (χ0) is 15.4. The van der Waals surface area contributed by atoms with Crippen molar-refractivity contribution in [2.24, 2.45) is 0 Å². The van der Waals surface area contributed by atoms with Crippen LogP contribution in [0.3, 0.4) is 0 Å². The normalized spacial score (nSPS) is 13.4. The third kappa shape index (κ3) is 13.7. The number of carbonyl (C=O) groups excluding carboxylic acids is 1. The number of rotatable bonds is 12. The molecule has 0 radical (unpaired) electrons. The molecule has 20 heavy (non-hydrogen) atoms. The third-order valence-electron chi connectivity index (χ3n) is 2.36. The summed E-state index contributed by atoms with van der Waals surface area (Å²) in [6.45, 7) is 5.10. The number of unbranched alkanes of at least 4 members (excludes halogenated alkanes) is 2. The van der Waals surface area contributed by atoms with Crippen LogP contribution in [0.25, 0.3) is 0 Å². The topological polar surface area (TPSA) is 52.6 Å². The third-order valence-corrected chi connectivity index (χ3v) is 4.47. The van der Waals surface area contributed by atoms with Gasteiger partial charge in [-0.3, -0.25) is 9.36 Å². The van der Waals surface area contributed by atoms with E-state index in [2.05, 4.69) is 6.92 Å².